The molecule has 0 saturated heterocycles. The number of carbonyl (C=O) groups excluding carboxylic acids is 1. The summed E-state index contributed by atoms with van der Waals surface area (Å²) in [5.74, 6) is 1.64. The Bertz CT molecular complexity index is 292. The zero-order valence-electron chi connectivity index (χ0n) is 8.77. The van der Waals surface area contributed by atoms with Gasteiger partial charge in [0, 0.05) is 18.8 Å². The zero-order chi connectivity index (χ0) is 10.9. The molecule has 82 valence electrons. The van der Waals surface area contributed by atoms with Gasteiger partial charge in [0.05, 0.1) is 6.20 Å². The van der Waals surface area contributed by atoms with Crippen LogP contribution in [0.25, 0.3) is 0 Å². The lowest BCUT2D eigenvalue weighted by atomic mass is 10.2. The Kier molecular flexibility index (Phi) is 5.77. The van der Waals surface area contributed by atoms with Crippen molar-refractivity contribution in [3.8, 4) is 0 Å². The van der Waals surface area contributed by atoms with Crippen LogP contribution in [0.3, 0.4) is 0 Å². The molecule has 0 aromatic carbocycles. The molecule has 0 atom stereocenters. The summed E-state index contributed by atoms with van der Waals surface area (Å²) < 4.78 is 0. The number of nitrogens with zero attached hydrogens (tertiary/aromatic N) is 2. The fourth-order valence-corrected chi connectivity index (χ4v) is 1.59. The summed E-state index contributed by atoms with van der Waals surface area (Å²) in [4.78, 5) is 19.2. The number of nitrogens with one attached hydrogen (secondary N) is 1. The number of unbranched alkanes of at least 4 members (excludes halogenated alkanes) is 1. The second-order valence-electron chi connectivity index (χ2n) is 3.09. The van der Waals surface area contributed by atoms with E-state index in [4.69, 9.17) is 0 Å². The Morgan fingerprint density at radius 3 is 3.00 bits per heavy atom. The van der Waals surface area contributed by atoms with Gasteiger partial charge in [-0.1, -0.05) is 0 Å². The van der Waals surface area contributed by atoms with Crippen LogP contribution >= 0.6 is 11.8 Å². The number of aromatic nitrogens is 2. The van der Waals surface area contributed by atoms with Crippen molar-refractivity contribution in [2.75, 3.05) is 17.3 Å². The number of rotatable bonds is 6. The molecule has 1 heterocycles. The van der Waals surface area contributed by atoms with Crippen LogP contribution in [0.4, 0.5) is 5.82 Å². The van der Waals surface area contributed by atoms with Crippen molar-refractivity contribution < 1.29 is 4.79 Å². The lowest BCUT2D eigenvalue weighted by Gasteiger charge is -2.02. The minimum absolute atomic E-state index is 0.0107. The van der Waals surface area contributed by atoms with Crippen LogP contribution in [0.5, 0.6) is 0 Å². The number of hydrogen-bond donors (Lipinski definition) is 1. The Morgan fingerprint density at radius 1 is 1.47 bits per heavy atom. The van der Waals surface area contributed by atoms with Gasteiger partial charge in [-0.3, -0.25) is 9.78 Å². The first-order valence-corrected chi connectivity index (χ1v) is 6.27. The van der Waals surface area contributed by atoms with Crippen molar-refractivity contribution in [1.29, 1.82) is 0 Å². The molecule has 0 aliphatic rings. The molecule has 0 fully saturated rings. The molecule has 15 heavy (non-hydrogen) atoms. The van der Waals surface area contributed by atoms with Crippen molar-refractivity contribution in [2.45, 2.75) is 19.3 Å². The van der Waals surface area contributed by atoms with Crippen LogP contribution in [0.15, 0.2) is 18.6 Å². The molecule has 0 aliphatic heterocycles. The molecule has 0 radical (unpaired) electrons. The Balaban J connectivity index is 2.19. The van der Waals surface area contributed by atoms with Gasteiger partial charge < -0.3 is 5.32 Å². The van der Waals surface area contributed by atoms with Crippen molar-refractivity contribution in [3.63, 3.8) is 0 Å². The number of carbonyl (C=O) groups is 1. The third kappa shape index (κ3) is 5.37. The Hall–Kier alpha value is -1.10. The van der Waals surface area contributed by atoms with E-state index in [0.717, 1.165) is 18.6 Å². The van der Waals surface area contributed by atoms with E-state index in [1.807, 2.05) is 0 Å². The molecule has 1 aromatic heterocycles. The smallest absolute Gasteiger partial charge is 0.225 e. The van der Waals surface area contributed by atoms with Gasteiger partial charge in [0.25, 0.3) is 0 Å². The van der Waals surface area contributed by atoms with Crippen molar-refractivity contribution >= 4 is 23.5 Å². The van der Waals surface area contributed by atoms with E-state index in [0.29, 0.717) is 12.2 Å². The van der Waals surface area contributed by atoms with Crippen molar-refractivity contribution in [2.24, 2.45) is 0 Å². The predicted octanol–water partition coefficient (Wildman–Crippen LogP) is 1.95. The van der Waals surface area contributed by atoms with Crippen molar-refractivity contribution in [3.05, 3.63) is 18.6 Å². The predicted molar refractivity (Wildman–Crippen MR) is 62.9 cm³/mol. The van der Waals surface area contributed by atoms with Crippen LogP contribution in [-0.2, 0) is 4.79 Å². The first-order valence-electron chi connectivity index (χ1n) is 4.87. The molecule has 0 unspecified atom stereocenters. The van der Waals surface area contributed by atoms with E-state index in [1.165, 1.54) is 0 Å². The summed E-state index contributed by atoms with van der Waals surface area (Å²) in [6.07, 6.45) is 9.30. The van der Waals surface area contributed by atoms with Gasteiger partial charge in [0.2, 0.25) is 5.91 Å². The quantitative estimate of drug-likeness (QED) is 0.752. The molecule has 1 aromatic rings. The molecule has 0 saturated carbocycles. The van der Waals surface area contributed by atoms with E-state index in [2.05, 4.69) is 21.5 Å². The molecule has 0 spiro atoms. The SMILES string of the molecule is CSCCCCC(=O)Nc1cnccn1. The monoisotopic (exact) mass is 225 g/mol. The average molecular weight is 225 g/mol. The van der Waals surface area contributed by atoms with Crippen LogP contribution in [0.2, 0.25) is 0 Å². The van der Waals surface area contributed by atoms with Crippen LogP contribution in [-0.4, -0.2) is 27.9 Å². The highest BCUT2D eigenvalue weighted by molar-refractivity contribution is 7.98. The van der Waals surface area contributed by atoms with E-state index < -0.39 is 0 Å². The minimum Gasteiger partial charge on any atom is -0.309 e. The van der Waals surface area contributed by atoms with Crippen LogP contribution in [0, 0.1) is 0 Å². The first kappa shape index (κ1) is 12.0. The minimum atomic E-state index is 0.0107. The van der Waals surface area contributed by atoms with Gasteiger partial charge in [-0.05, 0) is 24.9 Å². The van der Waals surface area contributed by atoms with E-state index in [9.17, 15) is 4.79 Å². The molecule has 1 amide bonds. The number of thioether (sulfide) groups is 1. The van der Waals surface area contributed by atoms with Gasteiger partial charge >= 0.3 is 0 Å². The van der Waals surface area contributed by atoms with Gasteiger partial charge in [0.15, 0.2) is 5.82 Å². The topological polar surface area (TPSA) is 54.9 Å². The summed E-state index contributed by atoms with van der Waals surface area (Å²) in [5.41, 5.74) is 0. The maximum atomic E-state index is 11.4. The number of hydrogen-bond acceptors (Lipinski definition) is 4. The maximum absolute atomic E-state index is 11.4. The number of amides is 1. The molecule has 0 bridgehead atoms. The summed E-state index contributed by atoms with van der Waals surface area (Å²) in [6, 6.07) is 0. The van der Waals surface area contributed by atoms with E-state index in [-0.39, 0.29) is 5.91 Å². The van der Waals surface area contributed by atoms with Gasteiger partial charge in [-0.15, -0.1) is 0 Å². The largest absolute Gasteiger partial charge is 0.309 e. The normalized spacial score (nSPS) is 9.93. The van der Waals surface area contributed by atoms with E-state index >= 15 is 0 Å². The molecule has 5 heteroatoms. The highest BCUT2D eigenvalue weighted by Gasteiger charge is 2.02. The van der Waals surface area contributed by atoms with Crippen molar-refractivity contribution in [1.82, 2.24) is 9.97 Å². The Labute approximate surface area is 93.9 Å². The van der Waals surface area contributed by atoms with E-state index in [1.54, 1.807) is 30.4 Å². The summed E-state index contributed by atoms with van der Waals surface area (Å²) in [7, 11) is 0. The molecule has 1 rings (SSSR count). The van der Waals surface area contributed by atoms with Gasteiger partial charge in [-0.25, -0.2) is 4.98 Å². The fraction of sp³-hybridized carbons (Fsp3) is 0.500. The van der Waals surface area contributed by atoms with Crippen LogP contribution < -0.4 is 5.32 Å². The molecular weight excluding hydrogens is 210 g/mol. The molecular formula is C10H15N3OS. The number of anilines is 1. The summed E-state index contributed by atoms with van der Waals surface area (Å²) in [6.45, 7) is 0. The summed E-state index contributed by atoms with van der Waals surface area (Å²) in [5, 5.41) is 2.70. The second kappa shape index (κ2) is 7.23. The third-order valence-corrected chi connectivity index (χ3v) is 2.53. The third-order valence-electron chi connectivity index (χ3n) is 1.83. The molecule has 4 nitrogen and oxygen atoms in total. The van der Waals surface area contributed by atoms with Crippen LogP contribution in [0.1, 0.15) is 19.3 Å². The standard InChI is InChI=1S/C10H15N3OS/c1-15-7-3-2-4-10(14)13-9-8-11-5-6-12-9/h5-6,8H,2-4,7H2,1H3,(H,12,13,14). The zero-order valence-corrected chi connectivity index (χ0v) is 9.59. The molecule has 0 aliphatic carbocycles. The first-order chi connectivity index (χ1) is 7.33. The van der Waals surface area contributed by atoms with Gasteiger partial charge in [0.1, 0.15) is 0 Å². The maximum Gasteiger partial charge on any atom is 0.225 e. The lowest BCUT2D eigenvalue weighted by Crippen LogP contribution is -2.12. The second-order valence-corrected chi connectivity index (χ2v) is 4.07. The highest BCUT2D eigenvalue weighted by Crippen LogP contribution is 2.04. The lowest BCUT2D eigenvalue weighted by molar-refractivity contribution is -0.116. The highest BCUT2D eigenvalue weighted by atomic mass is 32.2. The van der Waals surface area contributed by atoms with Gasteiger partial charge in [-0.2, -0.15) is 11.8 Å². The summed E-state index contributed by atoms with van der Waals surface area (Å²) >= 11 is 1.80. The Morgan fingerprint density at radius 2 is 2.33 bits per heavy atom. The average Bonchev–Trinajstić information content (AvgIpc) is 2.26. The fourth-order valence-electron chi connectivity index (χ4n) is 1.10. The molecule has 1 N–H and O–H groups in total.